The Morgan fingerprint density at radius 2 is 1.51 bits per heavy atom. The molecule has 0 radical (unpaired) electrons. The zero-order chi connectivity index (χ0) is 28.8. The van der Waals surface area contributed by atoms with Gasteiger partial charge in [-0.15, -0.1) is 0 Å². The van der Waals surface area contributed by atoms with Crippen LogP contribution in [0.4, 0.5) is 0 Å². The quantitative estimate of drug-likeness (QED) is 0.305. The third kappa shape index (κ3) is 3.63. The average Bonchev–Trinajstić information content (AvgIpc) is 3.56. The number of ether oxygens (including phenoxy) is 1. The van der Waals surface area contributed by atoms with E-state index in [1.54, 1.807) is 11.8 Å². The molecule has 2 saturated heterocycles. The van der Waals surface area contributed by atoms with Crippen molar-refractivity contribution in [1.82, 2.24) is 8.98 Å². The lowest BCUT2D eigenvalue weighted by molar-refractivity contribution is -0.129. The SMILES string of the molecule is COc1ccc([C@@H]2[C@H](C(=O)N3[C@H]4C[C@@H]5CC[C@@]4(CS3(=O)=O)C5(C)C)N2P(=O)(c2ccccc2)c2ccccc2)cc1. The number of sulfonamides is 1. The molecule has 41 heavy (non-hydrogen) atoms. The Kier molecular flexibility index (Phi) is 5.93. The third-order valence-electron chi connectivity index (χ3n) is 10.7. The fourth-order valence-corrected chi connectivity index (χ4v) is 14.0. The van der Waals surface area contributed by atoms with Crippen molar-refractivity contribution in [1.29, 1.82) is 0 Å². The molecule has 214 valence electrons. The molecule has 2 bridgehead atoms. The van der Waals surface area contributed by atoms with Gasteiger partial charge in [-0.05, 0) is 72.6 Å². The van der Waals surface area contributed by atoms with Gasteiger partial charge in [-0.3, -0.25) is 9.36 Å². The van der Waals surface area contributed by atoms with Crippen LogP contribution in [-0.2, 0) is 19.4 Å². The van der Waals surface area contributed by atoms with Crippen molar-refractivity contribution in [2.45, 2.75) is 51.2 Å². The number of fused-ring (bicyclic) bond motifs is 1. The second-order valence-electron chi connectivity index (χ2n) is 12.5. The Morgan fingerprint density at radius 1 is 0.927 bits per heavy atom. The summed E-state index contributed by atoms with van der Waals surface area (Å²) in [5.74, 6) is 0.620. The van der Waals surface area contributed by atoms with Gasteiger partial charge in [0.15, 0.2) is 0 Å². The Labute approximate surface area is 242 Å². The third-order valence-corrected chi connectivity index (χ3v) is 15.7. The van der Waals surface area contributed by atoms with Crippen LogP contribution in [0.25, 0.3) is 0 Å². The van der Waals surface area contributed by atoms with E-state index in [-0.39, 0.29) is 17.2 Å². The molecule has 2 heterocycles. The number of carbonyl (C=O) groups is 1. The largest absolute Gasteiger partial charge is 0.497 e. The van der Waals surface area contributed by atoms with E-state index < -0.39 is 40.7 Å². The number of rotatable bonds is 6. The molecule has 4 aliphatic rings. The zero-order valence-electron chi connectivity index (χ0n) is 23.5. The van der Waals surface area contributed by atoms with Crippen LogP contribution in [0.5, 0.6) is 5.75 Å². The van der Waals surface area contributed by atoms with E-state index >= 15 is 4.57 Å². The molecule has 2 aliphatic heterocycles. The molecule has 1 spiro atoms. The maximum absolute atomic E-state index is 15.4. The molecule has 9 heteroatoms. The summed E-state index contributed by atoms with van der Waals surface area (Å²) in [5, 5.41) is 1.23. The number of hydrogen-bond acceptors (Lipinski definition) is 5. The van der Waals surface area contributed by atoms with Crippen molar-refractivity contribution in [3.05, 3.63) is 90.5 Å². The summed E-state index contributed by atoms with van der Waals surface area (Å²) in [6.45, 7) is 4.35. The summed E-state index contributed by atoms with van der Waals surface area (Å²) in [5.41, 5.74) is 0.224. The molecule has 4 fully saturated rings. The van der Waals surface area contributed by atoms with E-state index in [1.165, 1.54) is 4.31 Å². The highest BCUT2D eigenvalue weighted by atomic mass is 32.2. The van der Waals surface area contributed by atoms with Crippen molar-refractivity contribution in [2.24, 2.45) is 16.7 Å². The zero-order valence-corrected chi connectivity index (χ0v) is 25.2. The average molecular weight is 591 g/mol. The van der Waals surface area contributed by atoms with E-state index in [4.69, 9.17) is 4.74 Å². The standard InChI is InChI=1S/C32H35N2O5PS/c1-31(2)23-18-19-32(31)21-41(37,38)34(27(32)20-23)30(35)29-28(22-14-16-24(39-3)17-15-22)33(29)40(36,25-10-6-4-7-11-25)26-12-8-5-9-13-26/h4-17,23,27-29H,18-21H2,1-3H3/t23-,27-,28+,29+,32-,33?/m0/s1. The van der Waals surface area contributed by atoms with Crippen molar-refractivity contribution in [3.8, 4) is 5.75 Å². The number of amides is 1. The van der Waals surface area contributed by atoms with Gasteiger partial charge in [-0.2, -0.15) is 0 Å². The topological polar surface area (TPSA) is 83.8 Å². The minimum absolute atomic E-state index is 0.00879. The van der Waals surface area contributed by atoms with Gasteiger partial charge >= 0.3 is 0 Å². The number of carbonyl (C=O) groups excluding carboxylic acids is 1. The monoisotopic (exact) mass is 590 g/mol. The number of nitrogens with zero attached hydrogens (tertiary/aromatic N) is 2. The van der Waals surface area contributed by atoms with Gasteiger partial charge in [0.1, 0.15) is 11.8 Å². The fourth-order valence-electron chi connectivity index (χ4n) is 8.34. The lowest BCUT2D eigenvalue weighted by Crippen LogP contribution is -2.46. The molecule has 6 atom stereocenters. The van der Waals surface area contributed by atoms with Gasteiger partial charge in [0.25, 0.3) is 5.91 Å². The van der Waals surface area contributed by atoms with E-state index in [1.807, 2.05) is 84.9 Å². The molecule has 0 aromatic heterocycles. The van der Waals surface area contributed by atoms with Crippen molar-refractivity contribution in [2.75, 3.05) is 12.9 Å². The molecular weight excluding hydrogens is 555 g/mol. The van der Waals surface area contributed by atoms with Crippen LogP contribution < -0.4 is 15.3 Å². The predicted molar refractivity (Wildman–Crippen MR) is 159 cm³/mol. The fraction of sp³-hybridized carbons (Fsp3) is 0.406. The first-order valence-corrected chi connectivity index (χ1v) is 17.5. The van der Waals surface area contributed by atoms with Gasteiger partial charge in [-0.1, -0.05) is 62.4 Å². The van der Waals surface area contributed by atoms with Crippen molar-refractivity contribution in [3.63, 3.8) is 0 Å². The van der Waals surface area contributed by atoms with E-state index in [9.17, 15) is 13.2 Å². The van der Waals surface area contributed by atoms with Crippen molar-refractivity contribution < 1.29 is 22.5 Å². The first-order valence-electron chi connectivity index (χ1n) is 14.3. The summed E-state index contributed by atoms with van der Waals surface area (Å²) in [6, 6.07) is 24.1. The molecule has 3 aromatic carbocycles. The van der Waals surface area contributed by atoms with Gasteiger partial charge < -0.3 is 4.74 Å². The lowest BCUT2D eigenvalue weighted by Gasteiger charge is -2.37. The minimum atomic E-state index is -3.83. The van der Waals surface area contributed by atoms with E-state index in [2.05, 4.69) is 13.8 Å². The molecule has 7 rings (SSSR count). The molecule has 7 nitrogen and oxygen atoms in total. The maximum Gasteiger partial charge on any atom is 0.256 e. The number of methoxy groups -OCH3 is 1. The highest BCUT2D eigenvalue weighted by Crippen LogP contribution is 2.71. The Bertz CT molecular complexity index is 1620. The Balaban J connectivity index is 1.36. The second-order valence-corrected chi connectivity index (χ2v) is 17.0. The number of hydrogen-bond donors (Lipinski definition) is 0. The van der Waals surface area contributed by atoms with Crippen LogP contribution >= 0.6 is 7.29 Å². The molecule has 0 N–H and O–H groups in total. The molecule has 1 unspecified atom stereocenters. The van der Waals surface area contributed by atoms with Gasteiger partial charge in [0.2, 0.25) is 17.3 Å². The molecule has 2 saturated carbocycles. The van der Waals surface area contributed by atoms with Gasteiger partial charge in [-0.25, -0.2) is 17.4 Å². The summed E-state index contributed by atoms with van der Waals surface area (Å²) < 4.78 is 51.5. The molecule has 1 amide bonds. The van der Waals surface area contributed by atoms with Crippen molar-refractivity contribution >= 4 is 33.8 Å². The highest BCUT2D eigenvalue weighted by Gasteiger charge is 2.74. The summed E-state index contributed by atoms with van der Waals surface area (Å²) in [6.07, 6.45) is 2.52. The molecule has 2 aliphatic carbocycles. The molecular formula is C32H35N2O5PS. The maximum atomic E-state index is 15.4. The smallest absolute Gasteiger partial charge is 0.256 e. The Morgan fingerprint density at radius 3 is 2.05 bits per heavy atom. The van der Waals surface area contributed by atoms with Gasteiger partial charge in [0, 0.05) is 16.0 Å². The van der Waals surface area contributed by atoms with E-state index in [0.717, 1.165) is 18.4 Å². The van der Waals surface area contributed by atoms with E-state index in [0.29, 0.717) is 28.7 Å². The van der Waals surface area contributed by atoms with Crippen LogP contribution in [-0.4, -0.2) is 48.2 Å². The number of benzene rings is 3. The van der Waals surface area contributed by atoms with Crippen LogP contribution in [0, 0.1) is 16.7 Å². The second kappa shape index (κ2) is 9.03. The summed E-state index contributed by atoms with van der Waals surface area (Å²) >= 11 is 0. The summed E-state index contributed by atoms with van der Waals surface area (Å²) in [7, 11) is -5.77. The summed E-state index contributed by atoms with van der Waals surface area (Å²) in [4.78, 5) is 14.6. The Hall–Kier alpha value is -2.93. The first kappa shape index (κ1) is 26.9. The first-order chi connectivity index (χ1) is 19.6. The van der Waals surface area contributed by atoms with Crippen LogP contribution in [0.1, 0.15) is 44.7 Å². The normalized spacial score (nSPS) is 32.5. The predicted octanol–water partition coefficient (Wildman–Crippen LogP) is 4.72. The molecule has 3 aromatic rings. The van der Waals surface area contributed by atoms with Crippen LogP contribution in [0.3, 0.4) is 0 Å². The lowest BCUT2D eigenvalue weighted by atomic mass is 9.69. The van der Waals surface area contributed by atoms with Crippen LogP contribution in [0.2, 0.25) is 0 Å². The highest BCUT2D eigenvalue weighted by molar-refractivity contribution is 7.90. The van der Waals surface area contributed by atoms with Crippen LogP contribution in [0.15, 0.2) is 84.9 Å². The van der Waals surface area contributed by atoms with Gasteiger partial charge in [0.05, 0.1) is 24.9 Å². The minimum Gasteiger partial charge on any atom is -0.497 e.